The molecule has 2 aliphatic carbocycles. The maximum absolute atomic E-state index is 5.40. The van der Waals surface area contributed by atoms with Crippen LogP contribution in [0.15, 0.2) is 297 Å². The van der Waals surface area contributed by atoms with Crippen molar-refractivity contribution in [3.05, 3.63) is 320 Å². The van der Waals surface area contributed by atoms with Gasteiger partial charge in [0.1, 0.15) is 0 Å². The standard InChI is InChI=1S/C90H61N5/c1-89(2)75-26-14-10-22-65(75)67-43-39-62(52-77(67)89)94-80-28-16-12-24-69(80)71-41-32-59(50-84(71)94)57-35-46-82-73(48-57)74-49-58(60-33-42-72-70-25-13-17-29-81(70)95(85(72)51-60)63-40-44-68-66-23-11-15-27-76(66)90(3,4)78(68)53-63)36-47-83(74)93(82)61-37-30-55(31-38-61)87-86-64-21-9-8-18-54(64)34-45-79(86)91-88(92-87)56-19-6-5-7-20-56/h5-53H,1-4H3. The SMILES string of the molecule is CC1(C)c2ccccc2-c2ccc(-n3c4ccccc4c4ccc(-c5ccc6c(c5)c5cc(-c7ccc8c9ccccc9n(-c9ccc%10c(c9)C(C)(C)c9ccccc9-%10)c8c7)ccc5n6-c5ccc(-c6nc(-c7ccccc7)nc7ccc8ccccc8c67)cc5)cc43)cc21. The van der Waals surface area contributed by atoms with Gasteiger partial charge in [-0.2, -0.15) is 0 Å². The molecule has 0 atom stereocenters. The van der Waals surface area contributed by atoms with Gasteiger partial charge in [0, 0.05) is 76.7 Å². The third-order valence-electron chi connectivity index (χ3n) is 21.4. The molecule has 95 heavy (non-hydrogen) atoms. The average Bonchev–Trinajstić information content (AvgIpc) is 1.59. The quantitative estimate of drug-likeness (QED) is 0.149. The van der Waals surface area contributed by atoms with Crippen LogP contribution in [0.1, 0.15) is 49.9 Å². The first-order valence-corrected chi connectivity index (χ1v) is 33.1. The van der Waals surface area contributed by atoms with Gasteiger partial charge in [0.25, 0.3) is 0 Å². The zero-order valence-electron chi connectivity index (χ0n) is 53.0. The Morgan fingerprint density at radius 2 is 0.674 bits per heavy atom. The fourth-order valence-electron chi connectivity index (χ4n) is 16.8. The van der Waals surface area contributed by atoms with Crippen molar-refractivity contribution in [2.75, 3.05) is 0 Å². The highest BCUT2D eigenvalue weighted by Crippen LogP contribution is 2.52. The maximum atomic E-state index is 5.40. The molecule has 20 rings (SSSR count). The normalized spacial score (nSPS) is 13.6. The summed E-state index contributed by atoms with van der Waals surface area (Å²) < 4.78 is 7.43. The summed E-state index contributed by atoms with van der Waals surface area (Å²) in [5.41, 5.74) is 29.5. The minimum absolute atomic E-state index is 0.128. The van der Waals surface area contributed by atoms with Gasteiger partial charge in [0.05, 0.1) is 44.3 Å². The Labute approximate surface area is 549 Å². The predicted octanol–water partition coefficient (Wildman–Crippen LogP) is 23.4. The van der Waals surface area contributed by atoms with E-state index < -0.39 is 0 Å². The Morgan fingerprint density at radius 1 is 0.253 bits per heavy atom. The smallest absolute Gasteiger partial charge is 0.160 e. The zero-order chi connectivity index (χ0) is 63.0. The third-order valence-corrected chi connectivity index (χ3v) is 21.4. The lowest BCUT2D eigenvalue weighted by atomic mass is 9.82. The first-order valence-electron chi connectivity index (χ1n) is 33.1. The molecule has 2 aliphatic rings. The molecule has 0 aliphatic heterocycles. The van der Waals surface area contributed by atoms with Crippen LogP contribution in [-0.4, -0.2) is 23.7 Å². The maximum Gasteiger partial charge on any atom is 0.160 e. The van der Waals surface area contributed by atoms with Crippen molar-refractivity contribution in [2.24, 2.45) is 0 Å². The second-order valence-corrected chi connectivity index (χ2v) is 27.3. The van der Waals surface area contributed by atoms with E-state index in [9.17, 15) is 0 Å². The lowest BCUT2D eigenvalue weighted by molar-refractivity contribution is 0.660. The van der Waals surface area contributed by atoms with Gasteiger partial charge in [-0.3, -0.25) is 0 Å². The lowest BCUT2D eigenvalue weighted by Gasteiger charge is -2.22. The van der Waals surface area contributed by atoms with E-state index in [4.69, 9.17) is 9.97 Å². The molecule has 0 spiro atoms. The van der Waals surface area contributed by atoms with E-state index in [0.717, 1.165) is 77.5 Å². The second kappa shape index (κ2) is 19.8. The van der Waals surface area contributed by atoms with Crippen molar-refractivity contribution < 1.29 is 0 Å². The van der Waals surface area contributed by atoms with Crippen molar-refractivity contribution in [1.29, 1.82) is 0 Å². The first kappa shape index (κ1) is 53.7. The topological polar surface area (TPSA) is 40.6 Å². The van der Waals surface area contributed by atoms with E-state index in [-0.39, 0.29) is 10.8 Å². The number of benzene rings is 14. The summed E-state index contributed by atoms with van der Waals surface area (Å²) in [5, 5.41) is 10.7. The van der Waals surface area contributed by atoms with E-state index in [0.29, 0.717) is 5.82 Å². The zero-order valence-corrected chi connectivity index (χ0v) is 53.0. The van der Waals surface area contributed by atoms with Gasteiger partial charge in [-0.25, -0.2) is 9.97 Å². The third kappa shape index (κ3) is 7.78. The number of rotatable bonds is 7. The Bertz CT molecular complexity index is 6050. The largest absolute Gasteiger partial charge is 0.309 e. The van der Waals surface area contributed by atoms with Gasteiger partial charge in [0.2, 0.25) is 0 Å². The van der Waals surface area contributed by atoms with Gasteiger partial charge in [0.15, 0.2) is 5.82 Å². The van der Waals surface area contributed by atoms with Crippen molar-refractivity contribution in [3.8, 4) is 84.2 Å². The van der Waals surface area contributed by atoms with Crippen LogP contribution < -0.4 is 0 Å². The van der Waals surface area contributed by atoms with E-state index in [2.05, 4.69) is 333 Å². The number of hydrogen-bond acceptors (Lipinski definition) is 2. The van der Waals surface area contributed by atoms with Crippen LogP contribution >= 0.6 is 0 Å². The highest BCUT2D eigenvalue weighted by molar-refractivity contribution is 6.16. The van der Waals surface area contributed by atoms with Crippen LogP contribution in [0.5, 0.6) is 0 Å². The Balaban J connectivity index is 0.768. The van der Waals surface area contributed by atoms with E-state index in [1.165, 1.54) is 110 Å². The van der Waals surface area contributed by atoms with Crippen LogP contribution in [0.3, 0.4) is 0 Å². The Kier molecular flexibility index (Phi) is 11.2. The molecule has 14 aromatic carbocycles. The van der Waals surface area contributed by atoms with Crippen LogP contribution in [0, 0.1) is 0 Å². The van der Waals surface area contributed by atoms with E-state index in [1.807, 2.05) is 6.07 Å². The van der Waals surface area contributed by atoms with E-state index in [1.54, 1.807) is 0 Å². The van der Waals surface area contributed by atoms with Gasteiger partial charge in [-0.1, -0.05) is 234 Å². The van der Waals surface area contributed by atoms with Crippen LogP contribution in [0.25, 0.3) is 171 Å². The van der Waals surface area contributed by atoms with Crippen LogP contribution in [0.2, 0.25) is 0 Å². The molecule has 0 unspecified atom stereocenters. The Hall–Kier alpha value is -11.9. The fourth-order valence-corrected chi connectivity index (χ4v) is 16.8. The number of para-hydroxylation sites is 2. The van der Waals surface area contributed by atoms with E-state index >= 15 is 0 Å². The molecule has 18 aromatic rings. The highest BCUT2D eigenvalue weighted by Gasteiger charge is 2.37. The highest BCUT2D eigenvalue weighted by atomic mass is 15.0. The molecule has 4 heterocycles. The minimum Gasteiger partial charge on any atom is -0.309 e. The van der Waals surface area contributed by atoms with Gasteiger partial charge in [-0.05, 0) is 169 Å². The molecule has 446 valence electrons. The molecule has 0 amide bonds. The first-order chi connectivity index (χ1) is 46.6. The molecule has 0 fully saturated rings. The Morgan fingerprint density at radius 3 is 1.24 bits per heavy atom. The summed E-state index contributed by atoms with van der Waals surface area (Å²) in [6, 6.07) is 111. The number of aromatic nitrogens is 5. The predicted molar refractivity (Wildman–Crippen MR) is 397 cm³/mol. The molecule has 0 bridgehead atoms. The molecule has 0 saturated carbocycles. The molecule has 0 radical (unpaired) electrons. The van der Waals surface area contributed by atoms with Crippen molar-refractivity contribution in [3.63, 3.8) is 0 Å². The summed E-state index contributed by atoms with van der Waals surface area (Å²) >= 11 is 0. The van der Waals surface area contributed by atoms with Gasteiger partial charge in [-0.15, -0.1) is 0 Å². The summed E-state index contributed by atoms with van der Waals surface area (Å²) in [5.74, 6) is 0.708. The minimum atomic E-state index is -0.128. The summed E-state index contributed by atoms with van der Waals surface area (Å²) in [6.07, 6.45) is 0. The van der Waals surface area contributed by atoms with Crippen LogP contribution in [0.4, 0.5) is 0 Å². The van der Waals surface area contributed by atoms with Crippen LogP contribution in [-0.2, 0) is 10.8 Å². The fraction of sp³-hybridized carbons (Fsp3) is 0.0667. The summed E-state index contributed by atoms with van der Waals surface area (Å²) in [4.78, 5) is 10.6. The van der Waals surface area contributed by atoms with Crippen molar-refractivity contribution >= 4 is 87.1 Å². The lowest BCUT2D eigenvalue weighted by Crippen LogP contribution is -2.15. The summed E-state index contributed by atoms with van der Waals surface area (Å²) in [6.45, 7) is 9.48. The molecular formula is C90H61N5. The molecule has 0 N–H and O–H groups in total. The number of nitrogens with zero attached hydrogens (tertiary/aromatic N) is 5. The molecule has 4 aromatic heterocycles. The van der Waals surface area contributed by atoms with Gasteiger partial charge < -0.3 is 13.7 Å². The molecule has 5 heteroatoms. The average molecular weight is 1210 g/mol. The number of hydrogen-bond donors (Lipinski definition) is 0. The molecule has 5 nitrogen and oxygen atoms in total. The van der Waals surface area contributed by atoms with Crippen molar-refractivity contribution in [2.45, 2.75) is 38.5 Å². The molecule has 0 saturated heterocycles. The summed E-state index contributed by atoms with van der Waals surface area (Å²) in [7, 11) is 0. The van der Waals surface area contributed by atoms with Crippen molar-refractivity contribution in [1.82, 2.24) is 23.7 Å². The second-order valence-electron chi connectivity index (χ2n) is 27.3. The monoisotopic (exact) mass is 1210 g/mol. The molecular weight excluding hydrogens is 1150 g/mol. The number of fused-ring (bicyclic) bond motifs is 18. The van der Waals surface area contributed by atoms with Gasteiger partial charge >= 0.3 is 0 Å².